The molecule has 0 unspecified atom stereocenters. The summed E-state index contributed by atoms with van der Waals surface area (Å²) in [7, 11) is 0. The van der Waals surface area contributed by atoms with Crippen LogP contribution in [0.5, 0.6) is 5.75 Å². The van der Waals surface area contributed by atoms with Crippen molar-refractivity contribution < 1.29 is 51.7 Å². The first-order valence-electron chi connectivity index (χ1n) is 17.5. The van der Waals surface area contributed by atoms with Gasteiger partial charge in [0, 0.05) is 56.3 Å². The zero-order valence-corrected chi connectivity index (χ0v) is 32.6. The van der Waals surface area contributed by atoms with Crippen LogP contribution in [0.15, 0.2) is 51.8 Å². The Labute approximate surface area is 311 Å². The molecule has 0 aliphatic rings. The van der Waals surface area contributed by atoms with E-state index < -0.39 is 21.6 Å². The Balaban J connectivity index is 0.00000800. The number of nitro groups is 1. The van der Waals surface area contributed by atoms with Crippen LogP contribution in [0.2, 0.25) is 0 Å². The van der Waals surface area contributed by atoms with Crippen LogP contribution in [0.25, 0.3) is 5.69 Å². The van der Waals surface area contributed by atoms with Crippen LogP contribution in [0, 0.1) is 17.0 Å². The number of carbonyl (C=O) groups excluding carboxylic acids is 1. The van der Waals surface area contributed by atoms with Crippen LogP contribution >= 0.6 is 0 Å². The molecule has 0 saturated heterocycles. The molecule has 1 aromatic heterocycles. The third-order valence-electron chi connectivity index (χ3n) is 8.45. The Morgan fingerprint density at radius 2 is 1.42 bits per heavy atom. The quantitative estimate of drug-likeness (QED) is 0.0661. The summed E-state index contributed by atoms with van der Waals surface area (Å²) in [6.45, 7) is 10.4. The second kappa shape index (κ2) is 21.3. The van der Waals surface area contributed by atoms with Gasteiger partial charge in [0.05, 0.1) is 10.5 Å². The molecule has 0 saturated carbocycles. The summed E-state index contributed by atoms with van der Waals surface area (Å²) < 4.78 is 12.8. The van der Waals surface area contributed by atoms with Crippen LogP contribution in [0.3, 0.4) is 0 Å². The number of benzene rings is 2. The number of unbranched alkanes of at least 4 members (excludes halogenated alkanes) is 13. The number of carbonyl (C=O) groups is 1. The molecule has 0 bridgehead atoms. The molecule has 48 heavy (non-hydrogen) atoms. The maximum Gasteiger partial charge on any atom is 0.297 e. The van der Waals surface area contributed by atoms with Gasteiger partial charge in [0.15, 0.2) is 11.4 Å². The molecule has 2 aromatic carbocycles. The molecule has 1 heterocycles. The second-order valence-corrected chi connectivity index (χ2v) is 13.7. The Hall–Kier alpha value is -2.78. The minimum Gasteiger partial charge on any atom is -0.489 e. The van der Waals surface area contributed by atoms with Crippen LogP contribution < -0.4 is 15.6 Å². The number of nitrogens with zero attached hydrogens (tertiary/aromatic N) is 2. The van der Waals surface area contributed by atoms with Crippen LogP contribution in [0.1, 0.15) is 145 Å². The number of hydrogen-bond donors (Lipinski definition) is 1. The number of amides is 1. The summed E-state index contributed by atoms with van der Waals surface area (Å²) in [5, 5.41) is 15.0. The molecule has 0 aliphatic heterocycles. The minimum absolute atomic E-state index is 0. The Kier molecular flexibility index (Phi) is 18.4. The third-order valence-corrected chi connectivity index (χ3v) is 8.45. The van der Waals surface area contributed by atoms with Gasteiger partial charge in [-0.05, 0) is 37.6 Å². The van der Waals surface area contributed by atoms with Crippen LogP contribution in [0.4, 0.5) is 5.69 Å². The average Bonchev–Trinajstić information content (AvgIpc) is 3.38. The van der Waals surface area contributed by atoms with Crippen molar-refractivity contribution in [3.05, 3.63) is 85.4 Å². The summed E-state index contributed by atoms with van der Waals surface area (Å²) >= 11 is 0. The minimum atomic E-state index is -0.603. The SMILES string of the molecule is CCCCCCCCCCCCCCCCNC(=O)c1ccc(-n2oc(C(C)(C)C)c(COc3ccc(C)cc3)c2=O)c([N+](=O)[O-])c1.[Y]. The van der Waals surface area contributed by atoms with E-state index in [1.54, 1.807) is 0 Å². The topological polar surface area (TPSA) is 117 Å². The number of aromatic nitrogens is 1. The van der Waals surface area contributed by atoms with Crippen molar-refractivity contribution in [3.8, 4) is 11.4 Å². The molecule has 1 N–H and O–H groups in total. The van der Waals surface area contributed by atoms with E-state index in [1.165, 1.54) is 88.8 Å². The van der Waals surface area contributed by atoms with E-state index in [0.29, 0.717) is 18.1 Å². The summed E-state index contributed by atoms with van der Waals surface area (Å²) in [4.78, 5) is 37.9. The number of aryl methyl sites for hydroxylation is 1. The monoisotopic (exact) mass is 738 g/mol. The number of nitrogens with one attached hydrogen (secondary N) is 1. The van der Waals surface area contributed by atoms with E-state index in [1.807, 2.05) is 52.0 Å². The molecule has 0 atom stereocenters. The van der Waals surface area contributed by atoms with Gasteiger partial charge < -0.3 is 14.6 Å². The fourth-order valence-corrected chi connectivity index (χ4v) is 5.68. The van der Waals surface area contributed by atoms with Crippen LogP contribution in [-0.2, 0) is 44.7 Å². The largest absolute Gasteiger partial charge is 0.489 e. The first-order valence-corrected chi connectivity index (χ1v) is 17.5. The molecule has 3 aromatic rings. The number of rotatable bonds is 21. The Morgan fingerprint density at radius 1 is 0.875 bits per heavy atom. The van der Waals surface area contributed by atoms with E-state index in [9.17, 15) is 19.7 Å². The number of nitro benzene ring substituents is 1. The van der Waals surface area contributed by atoms with E-state index in [2.05, 4.69) is 12.2 Å². The zero-order chi connectivity index (χ0) is 34.2. The van der Waals surface area contributed by atoms with Crippen molar-refractivity contribution in [2.75, 3.05) is 6.54 Å². The van der Waals surface area contributed by atoms with Gasteiger partial charge in [-0.15, -0.1) is 4.74 Å². The molecule has 10 heteroatoms. The van der Waals surface area contributed by atoms with Crippen molar-refractivity contribution in [2.45, 2.75) is 137 Å². The first kappa shape index (κ1) is 41.4. The van der Waals surface area contributed by atoms with Gasteiger partial charge in [-0.3, -0.25) is 19.7 Å². The Morgan fingerprint density at radius 3 is 1.94 bits per heavy atom. The molecule has 261 valence electrons. The van der Waals surface area contributed by atoms with Crippen LogP contribution in [-0.4, -0.2) is 22.1 Å². The summed E-state index contributed by atoms with van der Waals surface area (Å²) in [6.07, 6.45) is 17.6. The van der Waals surface area contributed by atoms with Crippen molar-refractivity contribution in [1.82, 2.24) is 10.1 Å². The molecule has 0 spiro atoms. The molecular formula is C38H55N3O6Y. The van der Waals surface area contributed by atoms with Crippen molar-refractivity contribution in [3.63, 3.8) is 0 Å². The smallest absolute Gasteiger partial charge is 0.297 e. The van der Waals surface area contributed by atoms with Crippen molar-refractivity contribution in [1.29, 1.82) is 0 Å². The number of hydrogen-bond acceptors (Lipinski definition) is 6. The zero-order valence-electron chi connectivity index (χ0n) is 29.8. The molecule has 1 amide bonds. The summed E-state index contributed by atoms with van der Waals surface area (Å²) in [5.41, 5.74) is -0.0327. The predicted octanol–water partition coefficient (Wildman–Crippen LogP) is 9.73. The molecule has 9 nitrogen and oxygen atoms in total. The van der Waals surface area contributed by atoms with Gasteiger partial charge in [0.2, 0.25) is 0 Å². The van der Waals surface area contributed by atoms with Gasteiger partial charge >= 0.3 is 0 Å². The van der Waals surface area contributed by atoms with E-state index in [-0.39, 0.29) is 62.0 Å². The number of ether oxygens (including phenoxy) is 1. The second-order valence-electron chi connectivity index (χ2n) is 13.7. The van der Waals surface area contributed by atoms with Gasteiger partial charge in [-0.1, -0.05) is 129 Å². The normalized spacial score (nSPS) is 11.3. The fourth-order valence-electron chi connectivity index (χ4n) is 5.68. The first-order chi connectivity index (χ1) is 22.5. The van der Waals surface area contributed by atoms with Crippen molar-refractivity contribution in [2.24, 2.45) is 0 Å². The van der Waals surface area contributed by atoms with E-state index in [4.69, 9.17) is 9.26 Å². The summed E-state index contributed by atoms with van der Waals surface area (Å²) in [6, 6.07) is 11.5. The molecule has 3 rings (SSSR count). The molecule has 0 aliphatic carbocycles. The third kappa shape index (κ3) is 13.3. The van der Waals surface area contributed by atoms with Gasteiger partial charge in [0.25, 0.3) is 17.2 Å². The van der Waals surface area contributed by atoms with E-state index in [0.717, 1.165) is 29.6 Å². The maximum absolute atomic E-state index is 13.6. The van der Waals surface area contributed by atoms with Gasteiger partial charge in [-0.25, -0.2) is 0 Å². The summed E-state index contributed by atoms with van der Waals surface area (Å²) in [5.74, 6) is 0.584. The fraction of sp³-hybridized carbons (Fsp3) is 0.579. The maximum atomic E-state index is 13.6. The predicted molar refractivity (Wildman–Crippen MR) is 188 cm³/mol. The molecule has 0 fully saturated rings. The van der Waals surface area contributed by atoms with Crippen molar-refractivity contribution >= 4 is 11.6 Å². The average molecular weight is 739 g/mol. The standard InChI is InChI=1S/C38H55N3O6.Y/c1-6-7-8-9-10-11-12-13-14-15-16-17-18-19-26-39-36(42)30-22-25-33(34(27-30)41(44)45)40-37(43)32(35(47-40)38(3,4)5)28-46-31-23-20-29(2)21-24-31;/h20-25,27H,6-19,26,28H2,1-5H3,(H,39,42);. The van der Waals surface area contributed by atoms with E-state index >= 15 is 0 Å². The molecular weight excluding hydrogens is 683 g/mol. The Bertz CT molecular complexity index is 1470. The van der Waals surface area contributed by atoms with Gasteiger partial charge in [0.1, 0.15) is 12.4 Å². The molecule has 1 radical (unpaired) electrons. The van der Waals surface area contributed by atoms with Gasteiger partial charge in [-0.2, -0.15) is 0 Å².